The molecule has 0 N–H and O–H groups in total. The Hall–Kier alpha value is -2.48. The third-order valence-electron chi connectivity index (χ3n) is 6.06. The van der Waals surface area contributed by atoms with E-state index < -0.39 is 0 Å². The summed E-state index contributed by atoms with van der Waals surface area (Å²) >= 11 is 1.55. The lowest BCUT2D eigenvalue weighted by Gasteiger charge is -2.27. The van der Waals surface area contributed by atoms with Crippen LogP contribution in [0.25, 0.3) is 5.57 Å². The number of carbonyl (C=O) groups is 1. The molecule has 6 nitrogen and oxygen atoms in total. The fourth-order valence-electron chi connectivity index (χ4n) is 4.15. The van der Waals surface area contributed by atoms with Gasteiger partial charge in [0.05, 0.1) is 32.4 Å². The van der Waals surface area contributed by atoms with Gasteiger partial charge in [-0.1, -0.05) is 37.3 Å². The lowest BCUT2D eigenvalue weighted by atomic mass is 9.97. The van der Waals surface area contributed by atoms with Gasteiger partial charge < -0.3 is 9.47 Å². The minimum absolute atomic E-state index is 0.0737. The number of benzene rings is 1. The molecule has 0 saturated carbocycles. The van der Waals surface area contributed by atoms with Gasteiger partial charge in [0.1, 0.15) is 5.75 Å². The molecule has 0 spiro atoms. The van der Waals surface area contributed by atoms with Crippen LogP contribution >= 0.6 is 11.3 Å². The fourth-order valence-corrected chi connectivity index (χ4v) is 5.03. The van der Waals surface area contributed by atoms with Gasteiger partial charge in [-0.15, -0.1) is 11.3 Å². The predicted molar refractivity (Wildman–Crippen MR) is 134 cm³/mol. The third-order valence-corrected chi connectivity index (χ3v) is 6.93. The van der Waals surface area contributed by atoms with Crippen molar-refractivity contribution in [3.63, 3.8) is 0 Å². The Morgan fingerprint density at radius 2 is 2.06 bits per heavy atom. The molecule has 1 fully saturated rings. The second-order valence-electron chi connectivity index (χ2n) is 8.63. The van der Waals surface area contributed by atoms with Crippen LogP contribution in [0.5, 0.6) is 5.75 Å². The number of anilines is 1. The lowest BCUT2D eigenvalue weighted by molar-refractivity contribution is -0.118. The van der Waals surface area contributed by atoms with Crippen LogP contribution in [0.4, 0.5) is 5.13 Å². The Balaban J connectivity index is 1.47. The molecule has 1 atom stereocenters. The van der Waals surface area contributed by atoms with Crippen molar-refractivity contribution in [2.75, 3.05) is 51.4 Å². The van der Waals surface area contributed by atoms with E-state index in [0.717, 1.165) is 73.4 Å². The molecule has 2 aliphatic rings. The first-order valence-corrected chi connectivity index (χ1v) is 12.6. The average molecular weight is 468 g/mol. The summed E-state index contributed by atoms with van der Waals surface area (Å²) in [5.74, 6) is 1.38. The Morgan fingerprint density at radius 3 is 2.79 bits per heavy atom. The van der Waals surface area contributed by atoms with Crippen molar-refractivity contribution in [3.05, 3.63) is 59.1 Å². The van der Waals surface area contributed by atoms with Gasteiger partial charge in [0.2, 0.25) is 5.91 Å². The molecule has 1 saturated heterocycles. The number of methoxy groups -OCH3 is 1. The maximum absolute atomic E-state index is 13.4. The van der Waals surface area contributed by atoms with Gasteiger partial charge in [-0.05, 0) is 42.0 Å². The monoisotopic (exact) mass is 467 g/mol. The van der Waals surface area contributed by atoms with Crippen molar-refractivity contribution >= 4 is 27.9 Å². The molecule has 2 heterocycles. The van der Waals surface area contributed by atoms with E-state index in [1.807, 2.05) is 29.2 Å². The number of morpholine rings is 1. The van der Waals surface area contributed by atoms with E-state index in [4.69, 9.17) is 14.5 Å². The molecular weight excluding hydrogens is 434 g/mol. The first-order chi connectivity index (χ1) is 16.1. The number of thiazole rings is 1. The summed E-state index contributed by atoms with van der Waals surface area (Å²) in [6.45, 7) is 7.32. The third kappa shape index (κ3) is 6.53. The number of hydrogen-bond donors (Lipinski definition) is 0. The van der Waals surface area contributed by atoms with Crippen LogP contribution in [-0.4, -0.2) is 62.3 Å². The number of amides is 1. The van der Waals surface area contributed by atoms with Gasteiger partial charge >= 0.3 is 0 Å². The van der Waals surface area contributed by atoms with E-state index in [2.05, 4.69) is 35.4 Å². The van der Waals surface area contributed by atoms with Crippen LogP contribution in [-0.2, 0) is 16.0 Å². The van der Waals surface area contributed by atoms with Gasteiger partial charge in [-0.3, -0.25) is 14.6 Å². The lowest BCUT2D eigenvalue weighted by Crippen LogP contribution is -2.39. The average Bonchev–Trinajstić information content (AvgIpc) is 3.33. The summed E-state index contributed by atoms with van der Waals surface area (Å²) in [7, 11) is 1.65. The van der Waals surface area contributed by atoms with Crippen molar-refractivity contribution in [1.82, 2.24) is 9.88 Å². The molecule has 1 amide bonds. The Labute approximate surface area is 200 Å². The smallest absolute Gasteiger partial charge is 0.233 e. The van der Waals surface area contributed by atoms with E-state index in [-0.39, 0.29) is 5.91 Å². The minimum atomic E-state index is 0.0737. The molecule has 4 rings (SSSR count). The maximum Gasteiger partial charge on any atom is 0.233 e. The molecule has 1 aromatic heterocycles. The number of allylic oxidation sites excluding steroid dienone is 4. The van der Waals surface area contributed by atoms with E-state index in [0.29, 0.717) is 18.9 Å². The Kier molecular flexibility index (Phi) is 8.31. The normalized spacial score (nSPS) is 18.7. The number of aromatic nitrogens is 1. The van der Waals surface area contributed by atoms with Crippen LogP contribution in [0.3, 0.4) is 0 Å². The first-order valence-electron chi connectivity index (χ1n) is 11.7. The summed E-state index contributed by atoms with van der Waals surface area (Å²) in [6, 6.07) is 7.70. The van der Waals surface area contributed by atoms with Gasteiger partial charge in [0.15, 0.2) is 5.13 Å². The number of ether oxygens (including phenoxy) is 2. The summed E-state index contributed by atoms with van der Waals surface area (Å²) in [5, 5.41) is 2.84. The molecule has 1 unspecified atom stereocenters. The summed E-state index contributed by atoms with van der Waals surface area (Å²) in [4.78, 5) is 22.5. The van der Waals surface area contributed by atoms with Gasteiger partial charge in [-0.25, -0.2) is 4.98 Å². The highest BCUT2D eigenvalue weighted by molar-refractivity contribution is 7.14. The first kappa shape index (κ1) is 23.7. The van der Waals surface area contributed by atoms with Gasteiger partial charge in [0.25, 0.3) is 0 Å². The quantitative estimate of drug-likeness (QED) is 0.546. The second-order valence-corrected chi connectivity index (χ2v) is 9.47. The summed E-state index contributed by atoms with van der Waals surface area (Å²) in [5.41, 5.74) is 3.07. The zero-order valence-corrected chi connectivity index (χ0v) is 20.4. The van der Waals surface area contributed by atoms with Crippen molar-refractivity contribution in [2.24, 2.45) is 5.92 Å². The zero-order valence-electron chi connectivity index (χ0n) is 19.5. The second kappa shape index (κ2) is 11.6. The molecule has 0 bridgehead atoms. The van der Waals surface area contributed by atoms with Crippen LogP contribution in [0.2, 0.25) is 0 Å². The molecule has 0 radical (unpaired) electrons. The van der Waals surface area contributed by atoms with Gasteiger partial charge in [0, 0.05) is 31.6 Å². The number of hydrogen-bond acceptors (Lipinski definition) is 6. The van der Waals surface area contributed by atoms with E-state index in [1.54, 1.807) is 18.4 Å². The highest BCUT2D eigenvalue weighted by atomic mass is 32.1. The van der Waals surface area contributed by atoms with Crippen LogP contribution in [0.15, 0.2) is 47.9 Å². The van der Waals surface area contributed by atoms with Crippen molar-refractivity contribution in [2.45, 2.75) is 26.2 Å². The minimum Gasteiger partial charge on any atom is -0.497 e. The summed E-state index contributed by atoms with van der Waals surface area (Å²) < 4.78 is 10.7. The van der Waals surface area contributed by atoms with Crippen molar-refractivity contribution in [1.29, 1.82) is 0 Å². The maximum atomic E-state index is 13.4. The van der Waals surface area contributed by atoms with Crippen molar-refractivity contribution in [3.8, 4) is 5.75 Å². The fraction of sp³-hybridized carbons (Fsp3) is 0.462. The largest absolute Gasteiger partial charge is 0.497 e. The van der Waals surface area contributed by atoms with Gasteiger partial charge in [-0.2, -0.15) is 0 Å². The van der Waals surface area contributed by atoms with Crippen LogP contribution < -0.4 is 9.64 Å². The molecule has 2 aromatic rings. The topological polar surface area (TPSA) is 54.9 Å². The highest BCUT2D eigenvalue weighted by Gasteiger charge is 2.21. The molecule has 1 aromatic carbocycles. The molecule has 33 heavy (non-hydrogen) atoms. The Morgan fingerprint density at radius 1 is 1.27 bits per heavy atom. The predicted octanol–water partition coefficient (Wildman–Crippen LogP) is 4.43. The van der Waals surface area contributed by atoms with Crippen molar-refractivity contribution < 1.29 is 14.3 Å². The zero-order chi connectivity index (χ0) is 23.0. The number of carbonyl (C=O) groups excluding carboxylic acids is 1. The molecule has 1 aliphatic carbocycles. The van der Waals surface area contributed by atoms with E-state index >= 15 is 0 Å². The molecule has 176 valence electrons. The molecule has 7 heteroatoms. The standard InChI is InChI=1S/C26H33N3O3S/c1-20-5-3-6-22(17-20)24-19-33-26(27-24)29(12-4-11-28-13-15-32-16-14-28)25(30)18-21-7-9-23(31-2)10-8-21/h3,6-10,17,19-20H,4-5,11-16,18H2,1-2H3. The highest BCUT2D eigenvalue weighted by Crippen LogP contribution is 2.29. The SMILES string of the molecule is COc1ccc(CC(=O)N(CCCN2CCOCC2)c2nc(C3=CC(C)CC=C3)cs2)cc1. The van der Waals surface area contributed by atoms with E-state index in [1.165, 1.54) is 0 Å². The van der Waals surface area contributed by atoms with Crippen LogP contribution in [0.1, 0.15) is 31.0 Å². The summed E-state index contributed by atoms with van der Waals surface area (Å²) in [6.07, 6.45) is 8.92. The number of nitrogens with zero attached hydrogens (tertiary/aromatic N) is 3. The van der Waals surface area contributed by atoms with E-state index in [9.17, 15) is 4.79 Å². The molecule has 1 aliphatic heterocycles. The number of rotatable bonds is 9. The molecular formula is C26H33N3O3S. The van der Waals surface area contributed by atoms with Crippen LogP contribution in [0, 0.1) is 5.92 Å². The Bertz CT molecular complexity index is 977.